The zero-order chi connectivity index (χ0) is 31.6. The number of carbonyl (C=O) groups excluding carboxylic acids is 2. The predicted octanol–water partition coefficient (Wildman–Crippen LogP) is 3.93. The van der Waals surface area contributed by atoms with Crippen molar-refractivity contribution in [1.82, 2.24) is 0 Å². The van der Waals surface area contributed by atoms with E-state index in [1.165, 1.54) is 13.3 Å². The monoisotopic (exact) mass is 618 g/mol. The maximum Gasteiger partial charge on any atom is 0.303 e. The van der Waals surface area contributed by atoms with E-state index >= 15 is 0 Å². The van der Waals surface area contributed by atoms with Crippen molar-refractivity contribution in [3.63, 3.8) is 0 Å². The molecule has 2 saturated heterocycles. The zero-order valence-corrected chi connectivity index (χ0v) is 27.4. The van der Waals surface area contributed by atoms with Gasteiger partial charge in [0.2, 0.25) is 0 Å². The van der Waals surface area contributed by atoms with Gasteiger partial charge in [-0.1, -0.05) is 20.8 Å². The minimum Gasteiger partial charge on any atom is -0.457 e. The molecule has 7 fully saturated rings. The molecule has 6 unspecified atom stereocenters. The second-order valence-corrected chi connectivity index (χ2v) is 17.2. The van der Waals surface area contributed by atoms with Gasteiger partial charge >= 0.3 is 5.97 Å². The standard InChI is InChI=1S/C35H54O9/c1-18(36)42-30(32(4,5)40)23-9-7-20-29(43-23)28(39)27-19-8-10-24-31(2,3)25(44-26-15-21(37)22(38)16-41-26)11-12-35(24)17-34(19,35)14-13-33(20,27)6/h19-27,29-30,37-38,40H,7-17H2,1-6H3/t19?,20-,21+,22?,23?,24-,25-,26?,27?,29?,30-,33+,34-,35+/m0/s1. The van der Waals surface area contributed by atoms with Crippen molar-refractivity contribution in [2.45, 2.75) is 154 Å². The van der Waals surface area contributed by atoms with E-state index in [2.05, 4.69) is 20.8 Å². The third-order valence-corrected chi connectivity index (χ3v) is 14.3. The van der Waals surface area contributed by atoms with Crippen LogP contribution in [0.2, 0.25) is 0 Å². The van der Waals surface area contributed by atoms with Gasteiger partial charge in [0, 0.05) is 19.3 Å². The number of ketones is 1. The first-order valence-electron chi connectivity index (χ1n) is 17.3. The molecule has 14 atom stereocenters. The van der Waals surface area contributed by atoms with E-state index in [1.54, 1.807) is 13.8 Å². The summed E-state index contributed by atoms with van der Waals surface area (Å²) in [6, 6.07) is 0. The van der Waals surface area contributed by atoms with Gasteiger partial charge in [0.25, 0.3) is 0 Å². The molecule has 0 aromatic rings. The molecule has 248 valence electrons. The minimum atomic E-state index is -1.27. The molecule has 2 heterocycles. The second kappa shape index (κ2) is 10.2. The number of hydrogen-bond acceptors (Lipinski definition) is 9. The average molecular weight is 619 g/mol. The Morgan fingerprint density at radius 3 is 2.39 bits per heavy atom. The van der Waals surface area contributed by atoms with E-state index in [0.29, 0.717) is 24.7 Å². The Hall–Kier alpha value is -1.10. The van der Waals surface area contributed by atoms with Gasteiger partial charge < -0.3 is 34.3 Å². The molecule has 0 aromatic heterocycles. The smallest absolute Gasteiger partial charge is 0.303 e. The maximum absolute atomic E-state index is 14.5. The number of carbonyl (C=O) groups is 2. The van der Waals surface area contributed by atoms with Crippen LogP contribution >= 0.6 is 0 Å². The fraction of sp³-hybridized carbons (Fsp3) is 0.943. The Balaban J connectivity index is 1.10. The summed E-state index contributed by atoms with van der Waals surface area (Å²) in [6.07, 6.45) is 5.40. The molecule has 9 nitrogen and oxygen atoms in total. The lowest BCUT2D eigenvalue weighted by Gasteiger charge is -2.59. The summed E-state index contributed by atoms with van der Waals surface area (Å²) in [4.78, 5) is 26.4. The third kappa shape index (κ3) is 4.38. The first kappa shape index (κ1) is 31.5. The molecule has 0 radical (unpaired) electrons. The summed E-state index contributed by atoms with van der Waals surface area (Å²) < 4.78 is 24.5. The molecule has 0 bridgehead atoms. The largest absolute Gasteiger partial charge is 0.457 e. The molecule has 2 aliphatic heterocycles. The molecule has 5 aliphatic carbocycles. The lowest BCUT2D eigenvalue weighted by molar-refractivity contribution is -0.263. The Bertz CT molecular complexity index is 1180. The highest BCUT2D eigenvalue weighted by Crippen LogP contribution is 2.87. The lowest BCUT2D eigenvalue weighted by Crippen LogP contribution is -2.56. The predicted molar refractivity (Wildman–Crippen MR) is 159 cm³/mol. The van der Waals surface area contributed by atoms with Crippen LogP contribution in [0.1, 0.15) is 106 Å². The van der Waals surface area contributed by atoms with E-state index in [-0.39, 0.29) is 52.0 Å². The first-order chi connectivity index (χ1) is 20.5. The summed E-state index contributed by atoms with van der Waals surface area (Å²) in [7, 11) is 0. The Kier molecular flexibility index (Phi) is 7.30. The van der Waals surface area contributed by atoms with Crippen LogP contribution in [0, 0.1) is 45.3 Å². The van der Waals surface area contributed by atoms with Crippen molar-refractivity contribution in [3.05, 3.63) is 0 Å². The van der Waals surface area contributed by atoms with Crippen LogP contribution in [0.25, 0.3) is 0 Å². The van der Waals surface area contributed by atoms with Gasteiger partial charge in [-0.3, -0.25) is 9.59 Å². The summed E-state index contributed by atoms with van der Waals surface area (Å²) in [5, 5.41) is 30.9. The number of aliphatic hydroxyl groups is 3. The first-order valence-corrected chi connectivity index (χ1v) is 17.3. The van der Waals surface area contributed by atoms with Crippen LogP contribution < -0.4 is 0 Å². The molecule has 0 amide bonds. The maximum atomic E-state index is 14.5. The average Bonchev–Trinajstić information content (AvgIpc) is 3.55. The van der Waals surface area contributed by atoms with Gasteiger partial charge in [-0.05, 0) is 111 Å². The highest BCUT2D eigenvalue weighted by atomic mass is 16.7. The van der Waals surface area contributed by atoms with E-state index in [9.17, 15) is 24.9 Å². The molecule has 7 rings (SSSR count). The van der Waals surface area contributed by atoms with E-state index in [0.717, 1.165) is 44.9 Å². The molecule has 2 spiro atoms. The fourth-order valence-corrected chi connectivity index (χ4v) is 12.3. The van der Waals surface area contributed by atoms with E-state index in [4.69, 9.17) is 18.9 Å². The fourth-order valence-electron chi connectivity index (χ4n) is 12.3. The molecular weight excluding hydrogens is 564 g/mol. The Morgan fingerprint density at radius 2 is 1.70 bits per heavy atom. The highest BCUT2D eigenvalue weighted by molar-refractivity contribution is 5.90. The van der Waals surface area contributed by atoms with Crippen molar-refractivity contribution >= 4 is 11.8 Å². The number of ether oxygens (including phenoxy) is 4. The number of Topliss-reactive ketones (excluding diaryl/α,β-unsaturated/α-hetero) is 1. The number of esters is 1. The number of fused-ring (bicyclic) bond motifs is 4. The van der Waals surface area contributed by atoms with Crippen LogP contribution in [0.15, 0.2) is 0 Å². The zero-order valence-electron chi connectivity index (χ0n) is 27.4. The van der Waals surface area contributed by atoms with Crippen LogP contribution in [0.5, 0.6) is 0 Å². The molecule has 7 aliphatic rings. The minimum absolute atomic E-state index is 0.0136. The van der Waals surface area contributed by atoms with Gasteiger partial charge in [-0.15, -0.1) is 0 Å². The summed E-state index contributed by atoms with van der Waals surface area (Å²) in [5.41, 5.74) is -0.999. The Labute approximate surface area is 261 Å². The molecule has 0 aromatic carbocycles. The van der Waals surface area contributed by atoms with Gasteiger partial charge in [-0.2, -0.15) is 0 Å². The second-order valence-electron chi connectivity index (χ2n) is 17.2. The highest BCUT2D eigenvalue weighted by Gasteiger charge is 2.82. The molecule has 9 heteroatoms. The van der Waals surface area contributed by atoms with Gasteiger partial charge in [-0.25, -0.2) is 0 Å². The van der Waals surface area contributed by atoms with E-state index in [1.807, 2.05) is 0 Å². The summed E-state index contributed by atoms with van der Waals surface area (Å²) in [6.45, 7) is 11.8. The van der Waals surface area contributed by atoms with Crippen LogP contribution in [0.3, 0.4) is 0 Å². The number of aliphatic hydroxyl groups excluding tert-OH is 2. The molecule has 3 N–H and O–H groups in total. The summed E-state index contributed by atoms with van der Waals surface area (Å²) >= 11 is 0. The SMILES string of the molecule is CC(=O)O[C@@H](C1CC[C@H]2C(O1)C(=O)C1C3CC[C@H]4C(C)(C)[C@@H](OC5C[C@@H](O)C(O)CO5)CC[C@@]45C[C@@]35CC[C@@]12C)C(C)(C)O. The van der Waals surface area contributed by atoms with Crippen molar-refractivity contribution < 1.29 is 43.9 Å². The number of hydrogen-bond donors (Lipinski definition) is 3. The van der Waals surface area contributed by atoms with Crippen LogP contribution in [0.4, 0.5) is 0 Å². The van der Waals surface area contributed by atoms with Crippen molar-refractivity contribution in [2.75, 3.05) is 6.61 Å². The van der Waals surface area contributed by atoms with Gasteiger partial charge in [0.1, 0.15) is 12.2 Å². The summed E-state index contributed by atoms with van der Waals surface area (Å²) in [5.74, 6) is 0.804. The normalized spacial score (nSPS) is 51.6. The van der Waals surface area contributed by atoms with Crippen LogP contribution in [-0.4, -0.2) is 82.2 Å². The van der Waals surface area contributed by atoms with E-state index < -0.39 is 48.4 Å². The van der Waals surface area contributed by atoms with Gasteiger partial charge in [0.05, 0.1) is 30.5 Å². The van der Waals surface area contributed by atoms with Gasteiger partial charge in [0.15, 0.2) is 18.2 Å². The topological polar surface area (TPSA) is 132 Å². The quantitative estimate of drug-likeness (QED) is 0.310. The molecule has 44 heavy (non-hydrogen) atoms. The molecular formula is C35H54O9. The molecule has 5 saturated carbocycles. The third-order valence-electron chi connectivity index (χ3n) is 14.3. The van der Waals surface area contributed by atoms with Crippen molar-refractivity contribution in [1.29, 1.82) is 0 Å². The van der Waals surface area contributed by atoms with Crippen molar-refractivity contribution in [3.8, 4) is 0 Å². The number of rotatable bonds is 5. The Morgan fingerprint density at radius 1 is 0.977 bits per heavy atom. The van der Waals surface area contributed by atoms with Crippen LogP contribution in [-0.2, 0) is 28.5 Å². The lowest BCUT2D eigenvalue weighted by atomic mass is 9.46. The van der Waals surface area contributed by atoms with Crippen molar-refractivity contribution in [2.24, 2.45) is 45.3 Å².